The lowest BCUT2D eigenvalue weighted by Gasteiger charge is -2.22. The Balaban J connectivity index is 1.88. The molecule has 0 unspecified atom stereocenters. The van der Waals surface area contributed by atoms with Gasteiger partial charge in [-0.15, -0.1) is 0 Å². The van der Waals surface area contributed by atoms with Crippen LogP contribution in [0.3, 0.4) is 0 Å². The molecular formula is C15H21BrN2O. The second-order valence-electron chi connectivity index (χ2n) is 5.04. The van der Waals surface area contributed by atoms with E-state index in [-0.39, 0.29) is 11.9 Å². The van der Waals surface area contributed by atoms with E-state index in [1.54, 1.807) is 0 Å². The van der Waals surface area contributed by atoms with Crippen LogP contribution in [0, 0.1) is 0 Å². The zero-order valence-electron chi connectivity index (χ0n) is 11.5. The molecule has 1 aliphatic rings. The smallest absolute Gasteiger partial charge is 0.236 e. The summed E-state index contributed by atoms with van der Waals surface area (Å²) in [4.78, 5) is 14.1. The number of benzene rings is 1. The average Bonchev–Trinajstić information content (AvgIpc) is 3.22. The van der Waals surface area contributed by atoms with E-state index in [2.05, 4.69) is 34.2 Å². The summed E-state index contributed by atoms with van der Waals surface area (Å²) < 4.78 is 1.08. The van der Waals surface area contributed by atoms with Crippen LogP contribution in [-0.4, -0.2) is 29.9 Å². The maximum atomic E-state index is 12.1. The highest BCUT2D eigenvalue weighted by atomic mass is 79.9. The predicted octanol–water partition coefficient (Wildman–Crippen LogP) is 3.11. The number of nitrogens with one attached hydrogen (secondary N) is 1. The number of carbonyl (C=O) groups is 1. The van der Waals surface area contributed by atoms with E-state index in [1.807, 2.05) is 30.0 Å². The molecule has 0 aliphatic heterocycles. The van der Waals surface area contributed by atoms with Crippen LogP contribution in [0.5, 0.6) is 0 Å². The summed E-state index contributed by atoms with van der Waals surface area (Å²) in [6.45, 7) is 5.36. The van der Waals surface area contributed by atoms with Crippen molar-refractivity contribution < 1.29 is 4.79 Å². The third-order valence-electron chi connectivity index (χ3n) is 3.58. The van der Waals surface area contributed by atoms with Gasteiger partial charge in [0.25, 0.3) is 0 Å². The van der Waals surface area contributed by atoms with Gasteiger partial charge in [0.05, 0.1) is 6.54 Å². The SMILES string of the molecule is CCN(C(=O)CN[C@@H](C)c1ccccc1Br)C1CC1. The molecule has 0 radical (unpaired) electrons. The summed E-state index contributed by atoms with van der Waals surface area (Å²) in [5.41, 5.74) is 1.18. The standard InChI is InChI=1S/C15H21BrN2O/c1-3-18(12-8-9-12)15(19)10-17-11(2)13-6-4-5-7-14(13)16/h4-7,11-12,17H,3,8-10H2,1-2H3/t11-/m0/s1. The minimum atomic E-state index is 0.164. The van der Waals surface area contributed by atoms with Gasteiger partial charge in [0, 0.05) is 23.1 Å². The Labute approximate surface area is 123 Å². The molecule has 1 fully saturated rings. The molecule has 1 aromatic rings. The first-order valence-corrected chi connectivity index (χ1v) is 7.70. The number of halogens is 1. The van der Waals surface area contributed by atoms with Crippen molar-refractivity contribution in [2.45, 2.75) is 38.8 Å². The fourth-order valence-corrected chi connectivity index (χ4v) is 2.93. The van der Waals surface area contributed by atoms with Gasteiger partial charge >= 0.3 is 0 Å². The number of hydrogen-bond acceptors (Lipinski definition) is 2. The number of carbonyl (C=O) groups excluding carboxylic acids is 1. The molecule has 19 heavy (non-hydrogen) atoms. The zero-order valence-corrected chi connectivity index (χ0v) is 13.1. The second kappa shape index (κ2) is 6.53. The van der Waals surface area contributed by atoms with E-state index in [4.69, 9.17) is 0 Å². The molecule has 1 aromatic carbocycles. The van der Waals surface area contributed by atoms with Gasteiger partial charge in [0.15, 0.2) is 0 Å². The van der Waals surface area contributed by atoms with Crippen LogP contribution in [0.1, 0.15) is 38.3 Å². The van der Waals surface area contributed by atoms with Crippen LogP contribution in [0.15, 0.2) is 28.7 Å². The molecule has 104 valence electrons. The van der Waals surface area contributed by atoms with Crippen LogP contribution in [0.25, 0.3) is 0 Å². The molecule has 0 aromatic heterocycles. The maximum Gasteiger partial charge on any atom is 0.236 e. The van der Waals surface area contributed by atoms with E-state index in [0.717, 1.165) is 11.0 Å². The van der Waals surface area contributed by atoms with Crippen molar-refractivity contribution in [2.24, 2.45) is 0 Å². The van der Waals surface area contributed by atoms with Crippen molar-refractivity contribution in [1.29, 1.82) is 0 Å². The highest BCUT2D eigenvalue weighted by Gasteiger charge is 2.31. The van der Waals surface area contributed by atoms with Crippen LogP contribution < -0.4 is 5.32 Å². The Morgan fingerprint density at radius 3 is 2.74 bits per heavy atom. The third-order valence-corrected chi connectivity index (χ3v) is 4.30. The van der Waals surface area contributed by atoms with Gasteiger partial charge in [0.2, 0.25) is 5.91 Å². The van der Waals surface area contributed by atoms with Gasteiger partial charge in [-0.1, -0.05) is 34.1 Å². The molecule has 0 bridgehead atoms. The van der Waals surface area contributed by atoms with Crippen LogP contribution in [0.2, 0.25) is 0 Å². The van der Waals surface area contributed by atoms with Gasteiger partial charge in [-0.2, -0.15) is 0 Å². The number of nitrogens with zero attached hydrogens (tertiary/aromatic N) is 1. The molecule has 1 N–H and O–H groups in total. The summed E-state index contributed by atoms with van der Waals surface area (Å²) in [6, 6.07) is 8.78. The van der Waals surface area contributed by atoms with E-state index < -0.39 is 0 Å². The Morgan fingerprint density at radius 1 is 1.47 bits per heavy atom. The largest absolute Gasteiger partial charge is 0.339 e. The minimum Gasteiger partial charge on any atom is -0.339 e. The van der Waals surface area contributed by atoms with Gasteiger partial charge in [-0.3, -0.25) is 4.79 Å². The predicted molar refractivity (Wildman–Crippen MR) is 81.0 cm³/mol. The average molecular weight is 325 g/mol. The zero-order chi connectivity index (χ0) is 13.8. The Hall–Kier alpha value is -0.870. The van der Waals surface area contributed by atoms with Crippen LogP contribution in [0.4, 0.5) is 0 Å². The fourth-order valence-electron chi connectivity index (χ4n) is 2.30. The lowest BCUT2D eigenvalue weighted by atomic mass is 10.1. The summed E-state index contributed by atoms with van der Waals surface area (Å²) in [7, 11) is 0. The number of amides is 1. The lowest BCUT2D eigenvalue weighted by molar-refractivity contribution is -0.130. The Morgan fingerprint density at radius 2 is 2.16 bits per heavy atom. The fraction of sp³-hybridized carbons (Fsp3) is 0.533. The molecular weight excluding hydrogens is 304 g/mol. The number of hydrogen-bond donors (Lipinski definition) is 1. The van der Waals surface area contributed by atoms with Crippen molar-refractivity contribution in [2.75, 3.05) is 13.1 Å². The van der Waals surface area contributed by atoms with Crippen molar-refractivity contribution in [3.8, 4) is 0 Å². The minimum absolute atomic E-state index is 0.164. The van der Waals surface area contributed by atoms with Gasteiger partial charge in [-0.25, -0.2) is 0 Å². The third kappa shape index (κ3) is 3.80. The molecule has 4 heteroatoms. The summed E-state index contributed by atoms with van der Waals surface area (Å²) >= 11 is 3.54. The maximum absolute atomic E-state index is 12.1. The monoisotopic (exact) mass is 324 g/mol. The van der Waals surface area contributed by atoms with E-state index in [9.17, 15) is 4.79 Å². The number of rotatable bonds is 6. The Bertz CT molecular complexity index is 446. The molecule has 0 saturated heterocycles. The van der Waals surface area contributed by atoms with E-state index in [0.29, 0.717) is 12.6 Å². The topological polar surface area (TPSA) is 32.3 Å². The first-order chi connectivity index (χ1) is 9.13. The molecule has 1 atom stereocenters. The van der Waals surface area contributed by atoms with Crippen LogP contribution in [-0.2, 0) is 4.79 Å². The van der Waals surface area contributed by atoms with Crippen molar-refractivity contribution in [1.82, 2.24) is 10.2 Å². The number of likely N-dealkylation sites (N-methyl/N-ethyl adjacent to an activating group) is 1. The van der Waals surface area contributed by atoms with Crippen molar-refractivity contribution in [3.05, 3.63) is 34.3 Å². The van der Waals surface area contributed by atoms with Gasteiger partial charge in [0.1, 0.15) is 0 Å². The second-order valence-corrected chi connectivity index (χ2v) is 5.89. The lowest BCUT2D eigenvalue weighted by Crippen LogP contribution is -2.40. The molecule has 1 saturated carbocycles. The summed E-state index contributed by atoms with van der Waals surface area (Å²) in [5, 5.41) is 3.32. The molecule has 1 amide bonds. The molecule has 3 nitrogen and oxygen atoms in total. The first-order valence-electron chi connectivity index (χ1n) is 6.90. The van der Waals surface area contributed by atoms with E-state index >= 15 is 0 Å². The highest BCUT2D eigenvalue weighted by Crippen LogP contribution is 2.27. The first kappa shape index (κ1) is 14.5. The highest BCUT2D eigenvalue weighted by molar-refractivity contribution is 9.10. The molecule has 0 heterocycles. The Kier molecular flexibility index (Phi) is 4.99. The summed E-state index contributed by atoms with van der Waals surface area (Å²) in [5.74, 6) is 0.212. The normalized spacial score (nSPS) is 16.2. The quantitative estimate of drug-likeness (QED) is 0.872. The van der Waals surface area contributed by atoms with Gasteiger partial charge < -0.3 is 10.2 Å². The molecule has 0 spiro atoms. The van der Waals surface area contributed by atoms with Crippen molar-refractivity contribution >= 4 is 21.8 Å². The van der Waals surface area contributed by atoms with Crippen molar-refractivity contribution in [3.63, 3.8) is 0 Å². The molecule has 1 aliphatic carbocycles. The summed E-state index contributed by atoms with van der Waals surface area (Å²) in [6.07, 6.45) is 2.33. The molecule has 2 rings (SSSR count). The van der Waals surface area contributed by atoms with E-state index in [1.165, 1.54) is 18.4 Å². The van der Waals surface area contributed by atoms with Crippen LogP contribution >= 0.6 is 15.9 Å². The van der Waals surface area contributed by atoms with Gasteiger partial charge in [-0.05, 0) is 38.3 Å².